The monoisotopic (exact) mass is 554 g/mol. The molecule has 3 N–H and O–H groups in total. The number of carbonyl (C=O) groups excluding carboxylic acids is 3. The van der Waals surface area contributed by atoms with E-state index in [-0.39, 0.29) is 62.9 Å². The fourth-order valence-electron chi connectivity index (χ4n) is 4.50. The summed E-state index contributed by atoms with van der Waals surface area (Å²) >= 11 is 0. The van der Waals surface area contributed by atoms with Crippen LogP contribution < -0.4 is 10.1 Å². The van der Waals surface area contributed by atoms with E-state index in [4.69, 9.17) is 9.47 Å². The first-order chi connectivity index (χ1) is 19.2. The molecule has 1 aliphatic heterocycles. The maximum Gasteiger partial charge on any atom is 0.409 e. The van der Waals surface area contributed by atoms with Gasteiger partial charge in [-0.05, 0) is 37.1 Å². The molecule has 0 spiro atoms. The predicted molar refractivity (Wildman–Crippen MR) is 140 cm³/mol. The van der Waals surface area contributed by atoms with Gasteiger partial charge in [0.2, 0.25) is 11.7 Å². The predicted octanol–water partition coefficient (Wildman–Crippen LogP) is 0.996. The number of H-pyrrole nitrogens is 1. The number of ether oxygens (including phenoxy) is 2. The Morgan fingerprint density at radius 3 is 2.50 bits per heavy atom. The lowest BCUT2D eigenvalue weighted by molar-refractivity contribution is -0.138. The van der Waals surface area contributed by atoms with Crippen molar-refractivity contribution in [3.05, 3.63) is 29.5 Å². The van der Waals surface area contributed by atoms with Crippen LogP contribution in [0.1, 0.15) is 35.8 Å². The first-order valence-electron chi connectivity index (χ1n) is 12.7. The topological polar surface area (TPSA) is 193 Å². The summed E-state index contributed by atoms with van der Waals surface area (Å²) in [6.45, 7) is 4.73. The molecule has 1 atom stereocenters. The molecule has 0 bridgehead atoms. The minimum Gasteiger partial charge on any atom is -0.493 e. The first-order valence-corrected chi connectivity index (χ1v) is 12.7. The molecule has 15 heteroatoms. The Labute approximate surface area is 228 Å². The van der Waals surface area contributed by atoms with E-state index in [0.29, 0.717) is 16.5 Å². The molecule has 4 rings (SSSR count). The maximum absolute atomic E-state index is 13.6. The largest absolute Gasteiger partial charge is 0.493 e. The van der Waals surface area contributed by atoms with E-state index >= 15 is 0 Å². The van der Waals surface area contributed by atoms with E-state index in [0.717, 1.165) is 5.56 Å². The second kappa shape index (κ2) is 12.4. The van der Waals surface area contributed by atoms with Crippen LogP contribution in [0.15, 0.2) is 18.2 Å². The molecular weight excluding hydrogens is 524 g/mol. The molecule has 15 nitrogen and oxygen atoms in total. The Kier molecular flexibility index (Phi) is 8.71. The lowest BCUT2D eigenvalue weighted by atomic mass is 10.0. The molecule has 212 valence electrons. The molecule has 0 radical (unpaired) electrons. The SMILES string of the molecule is CCOC(=O)N1CCN(C(=O)C(CCC(=O)O)NC(=O)c2nc3cc(C)ccc3c(-c3nn[nH]n3)c2OC)CC1. The highest BCUT2D eigenvalue weighted by atomic mass is 16.6. The van der Waals surface area contributed by atoms with Crippen molar-refractivity contribution in [2.75, 3.05) is 39.9 Å². The van der Waals surface area contributed by atoms with Crippen molar-refractivity contribution in [2.24, 2.45) is 0 Å². The summed E-state index contributed by atoms with van der Waals surface area (Å²) in [7, 11) is 1.37. The molecule has 1 aliphatic rings. The normalized spacial score (nSPS) is 14.1. The first kappa shape index (κ1) is 28.2. The molecule has 0 aliphatic carbocycles. The molecular formula is C25H30N8O7. The number of carbonyl (C=O) groups is 4. The number of rotatable bonds is 9. The Hall–Kier alpha value is -4.82. The minimum atomic E-state index is -1.16. The van der Waals surface area contributed by atoms with E-state index in [1.165, 1.54) is 16.9 Å². The van der Waals surface area contributed by atoms with E-state index in [9.17, 15) is 24.3 Å². The molecule has 1 fully saturated rings. The van der Waals surface area contributed by atoms with E-state index in [1.807, 2.05) is 19.1 Å². The van der Waals surface area contributed by atoms with Gasteiger partial charge in [0.1, 0.15) is 6.04 Å². The summed E-state index contributed by atoms with van der Waals surface area (Å²) in [6.07, 6.45) is -0.966. The number of methoxy groups -OCH3 is 1. The lowest BCUT2D eigenvalue weighted by Crippen LogP contribution is -2.56. The zero-order valence-corrected chi connectivity index (χ0v) is 22.3. The Morgan fingerprint density at radius 2 is 1.88 bits per heavy atom. The zero-order chi connectivity index (χ0) is 28.8. The fourth-order valence-corrected chi connectivity index (χ4v) is 4.50. The molecule has 1 aromatic carbocycles. The Bertz CT molecular complexity index is 1400. The van der Waals surface area contributed by atoms with Crippen LogP contribution in [0.5, 0.6) is 5.75 Å². The summed E-state index contributed by atoms with van der Waals surface area (Å²) in [4.78, 5) is 57.9. The van der Waals surface area contributed by atoms with Crippen LogP contribution in [-0.2, 0) is 14.3 Å². The lowest BCUT2D eigenvalue weighted by Gasteiger charge is -2.36. The number of pyridine rings is 1. The third-order valence-electron chi connectivity index (χ3n) is 6.45. The minimum absolute atomic E-state index is 0.0720. The standard InChI is InChI=1S/C25H30N8O7/c1-4-40-25(38)33-11-9-32(10-12-33)24(37)16(7-8-18(34)35)27-23(36)20-21(39-3)19(22-28-30-31-29-22)15-6-5-14(2)13-17(15)26-20/h5-6,13,16H,4,7-12H2,1-3H3,(H,27,36)(H,34,35)(H,28,29,30,31). The summed E-state index contributed by atoms with van der Waals surface area (Å²) in [5.74, 6) is -2.07. The number of fused-ring (bicyclic) bond motifs is 1. The highest BCUT2D eigenvalue weighted by Gasteiger charge is 2.33. The number of tetrazole rings is 1. The third-order valence-corrected chi connectivity index (χ3v) is 6.45. The molecule has 3 aromatic rings. The highest BCUT2D eigenvalue weighted by Crippen LogP contribution is 2.36. The number of nitrogens with one attached hydrogen (secondary N) is 2. The summed E-state index contributed by atoms with van der Waals surface area (Å²) in [6, 6.07) is 4.30. The molecule has 1 unspecified atom stereocenters. The molecule has 3 amide bonds. The van der Waals surface area contributed by atoms with Gasteiger partial charge in [0, 0.05) is 38.0 Å². The molecule has 3 heterocycles. The molecule has 0 saturated carbocycles. The quantitative estimate of drug-likeness (QED) is 0.342. The van der Waals surface area contributed by atoms with Crippen molar-refractivity contribution in [1.82, 2.24) is 40.7 Å². The van der Waals surface area contributed by atoms with Crippen molar-refractivity contribution < 1.29 is 33.8 Å². The van der Waals surface area contributed by atoms with E-state index in [2.05, 4.69) is 30.9 Å². The number of aliphatic carboxylic acids is 1. The number of hydrogen-bond donors (Lipinski definition) is 3. The van der Waals surface area contributed by atoms with Crippen molar-refractivity contribution >= 4 is 34.8 Å². The number of amides is 3. The Morgan fingerprint density at radius 1 is 1.15 bits per heavy atom. The zero-order valence-electron chi connectivity index (χ0n) is 22.3. The van der Waals surface area contributed by atoms with Crippen LogP contribution in [0.3, 0.4) is 0 Å². The van der Waals surface area contributed by atoms with Gasteiger partial charge < -0.3 is 29.7 Å². The average Bonchev–Trinajstić information content (AvgIpc) is 3.48. The fraction of sp³-hybridized carbons (Fsp3) is 0.440. The smallest absolute Gasteiger partial charge is 0.409 e. The number of carboxylic acids is 1. The summed E-state index contributed by atoms with van der Waals surface area (Å²) < 4.78 is 10.6. The van der Waals surface area contributed by atoms with Crippen LogP contribution in [0, 0.1) is 6.92 Å². The van der Waals surface area contributed by atoms with E-state index < -0.39 is 29.9 Å². The van der Waals surface area contributed by atoms with Gasteiger partial charge in [-0.1, -0.05) is 12.1 Å². The van der Waals surface area contributed by atoms with Gasteiger partial charge >= 0.3 is 12.1 Å². The van der Waals surface area contributed by atoms with E-state index in [1.54, 1.807) is 13.0 Å². The average molecular weight is 555 g/mol. The molecule has 1 saturated heterocycles. The van der Waals surface area contributed by atoms with Gasteiger partial charge in [-0.25, -0.2) is 9.78 Å². The van der Waals surface area contributed by atoms with Crippen molar-refractivity contribution in [3.63, 3.8) is 0 Å². The number of aromatic nitrogens is 5. The van der Waals surface area contributed by atoms with Crippen LogP contribution >= 0.6 is 0 Å². The van der Waals surface area contributed by atoms with Gasteiger partial charge in [0.05, 0.1) is 24.8 Å². The second-order valence-corrected chi connectivity index (χ2v) is 9.09. The van der Waals surface area contributed by atoms with Crippen LogP contribution in [0.25, 0.3) is 22.3 Å². The van der Waals surface area contributed by atoms with Gasteiger partial charge in [0.25, 0.3) is 5.91 Å². The van der Waals surface area contributed by atoms with Gasteiger partial charge in [-0.3, -0.25) is 14.4 Å². The highest BCUT2D eigenvalue weighted by molar-refractivity contribution is 6.06. The summed E-state index contributed by atoms with van der Waals surface area (Å²) in [5.41, 5.74) is 1.62. The number of carboxylic acid groups (broad SMARTS) is 1. The third kappa shape index (κ3) is 6.08. The van der Waals surface area contributed by atoms with Crippen molar-refractivity contribution in [3.8, 4) is 17.1 Å². The number of piperazine rings is 1. The number of benzene rings is 1. The number of aryl methyl sites for hydroxylation is 1. The number of hydrogen-bond acceptors (Lipinski definition) is 10. The number of aromatic amines is 1. The van der Waals surface area contributed by atoms with Crippen LogP contribution in [0.2, 0.25) is 0 Å². The van der Waals surface area contributed by atoms with Gasteiger partial charge in [-0.2, -0.15) is 5.21 Å². The number of nitrogens with zero attached hydrogens (tertiary/aromatic N) is 6. The maximum atomic E-state index is 13.6. The second-order valence-electron chi connectivity index (χ2n) is 9.09. The van der Waals surface area contributed by atoms with Gasteiger partial charge in [0.15, 0.2) is 11.4 Å². The molecule has 40 heavy (non-hydrogen) atoms. The van der Waals surface area contributed by atoms with Crippen molar-refractivity contribution in [2.45, 2.75) is 32.7 Å². The molecule has 2 aromatic heterocycles. The van der Waals surface area contributed by atoms with Gasteiger partial charge in [-0.15, -0.1) is 10.2 Å². The Balaban J connectivity index is 1.63. The van der Waals surface area contributed by atoms with Crippen molar-refractivity contribution in [1.29, 1.82) is 0 Å². The summed E-state index contributed by atoms with van der Waals surface area (Å²) in [5, 5.41) is 26.6. The van der Waals surface area contributed by atoms with Crippen LogP contribution in [-0.4, -0.2) is 110 Å². The van der Waals surface area contributed by atoms with Crippen LogP contribution in [0.4, 0.5) is 4.79 Å².